The molecule has 0 unspecified atom stereocenters. The second kappa shape index (κ2) is 3.44. The molecule has 0 aliphatic carbocycles. The van der Waals surface area contributed by atoms with Crippen molar-refractivity contribution < 1.29 is 0 Å². The Balaban J connectivity index is 2.18. The lowest BCUT2D eigenvalue weighted by molar-refractivity contribution is 0.853. The van der Waals surface area contributed by atoms with E-state index in [2.05, 4.69) is 22.0 Å². The number of rotatable bonds is 2. The average Bonchev–Trinajstić information content (AvgIpc) is 2.96. The van der Waals surface area contributed by atoms with Crippen LogP contribution in [0, 0.1) is 0 Å². The van der Waals surface area contributed by atoms with Gasteiger partial charge in [0.2, 0.25) is 0 Å². The molecule has 5 heteroatoms. The van der Waals surface area contributed by atoms with Crippen molar-refractivity contribution in [1.29, 1.82) is 0 Å². The largest absolute Gasteiger partial charge is 0.288 e. The van der Waals surface area contributed by atoms with Gasteiger partial charge in [-0.1, -0.05) is 6.92 Å². The summed E-state index contributed by atoms with van der Waals surface area (Å²) >= 11 is 0. The number of fused-ring (bicyclic) bond motifs is 1. The molecule has 80 valence electrons. The van der Waals surface area contributed by atoms with Crippen LogP contribution in [0.1, 0.15) is 12.7 Å². The number of aromatic nitrogens is 5. The molecule has 0 saturated carbocycles. The Hall–Kier alpha value is -2.17. The van der Waals surface area contributed by atoms with Crippen LogP contribution >= 0.6 is 0 Å². The molecule has 3 aromatic rings. The molecule has 5 nitrogen and oxygen atoms in total. The maximum atomic E-state index is 4.51. The lowest BCUT2D eigenvalue weighted by Gasteiger charge is -2.05. The molecular formula is C11H11N5. The standard InChI is InChI=1S/C11H11N5/c1-2-9-12-6-8-15(9)10-4-7-16-11(14-10)3-5-13-16/h3-8H,2H2,1H3. The summed E-state index contributed by atoms with van der Waals surface area (Å²) in [6.07, 6.45) is 8.24. The summed E-state index contributed by atoms with van der Waals surface area (Å²) in [5, 5.41) is 4.11. The van der Waals surface area contributed by atoms with E-state index in [4.69, 9.17) is 0 Å². The molecule has 0 aromatic carbocycles. The van der Waals surface area contributed by atoms with Gasteiger partial charge in [0.05, 0.1) is 6.20 Å². The third-order valence-electron chi connectivity index (χ3n) is 2.52. The second-order valence-electron chi connectivity index (χ2n) is 3.49. The molecule has 0 saturated heterocycles. The Morgan fingerprint density at radius 1 is 1.19 bits per heavy atom. The maximum Gasteiger partial charge on any atom is 0.157 e. The SMILES string of the molecule is CCc1nccn1-c1ccn2nccc2n1. The fourth-order valence-electron chi connectivity index (χ4n) is 1.74. The summed E-state index contributed by atoms with van der Waals surface area (Å²) in [5.74, 6) is 1.89. The van der Waals surface area contributed by atoms with E-state index in [9.17, 15) is 0 Å². The Labute approximate surface area is 92.4 Å². The van der Waals surface area contributed by atoms with Crippen LogP contribution in [-0.4, -0.2) is 24.1 Å². The van der Waals surface area contributed by atoms with Crippen LogP contribution in [0.2, 0.25) is 0 Å². The third-order valence-corrected chi connectivity index (χ3v) is 2.52. The van der Waals surface area contributed by atoms with Gasteiger partial charge in [-0.05, 0) is 6.07 Å². The quantitative estimate of drug-likeness (QED) is 0.647. The smallest absolute Gasteiger partial charge is 0.157 e. The molecule has 0 atom stereocenters. The summed E-state index contributed by atoms with van der Waals surface area (Å²) in [4.78, 5) is 8.79. The van der Waals surface area contributed by atoms with Crippen molar-refractivity contribution in [3.63, 3.8) is 0 Å². The van der Waals surface area contributed by atoms with Gasteiger partial charge in [-0.25, -0.2) is 14.5 Å². The van der Waals surface area contributed by atoms with Crippen LogP contribution in [0.3, 0.4) is 0 Å². The molecule has 0 amide bonds. The number of nitrogens with zero attached hydrogens (tertiary/aromatic N) is 5. The first-order valence-corrected chi connectivity index (χ1v) is 5.21. The third kappa shape index (κ3) is 1.29. The first kappa shape index (κ1) is 9.08. The van der Waals surface area contributed by atoms with Crippen LogP contribution in [0.4, 0.5) is 0 Å². The lowest BCUT2D eigenvalue weighted by atomic mass is 10.4. The zero-order valence-corrected chi connectivity index (χ0v) is 8.91. The second-order valence-corrected chi connectivity index (χ2v) is 3.49. The fraction of sp³-hybridized carbons (Fsp3) is 0.182. The van der Waals surface area contributed by atoms with Gasteiger partial charge in [-0.2, -0.15) is 5.10 Å². The van der Waals surface area contributed by atoms with E-state index in [1.807, 2.05) is 29.1 Å². The summed E-state index contributed by atoms with van der Waals surface area (Å²) in [6, 6.07) is 3.81. The van der Waals surface area contributed by atoms with Crippen LogP contribution < -0.4 is 0 Å². The highest BCUT2D eigenvalue weighted by atomic mass is 15.3. The molecular weight excluding hydrogens is 202 g/mol. The molecule has 0 bridgehead atoms. The average molecular weight is 213 g/mol. The predicted molar refractivity (Wildman–Crippen MR) is 59.5 cm³/mol. The summed E-state index contributed by atoms with van der Waals surface area (Å²) in [7, 11) is 0. The van der Waals surface area contributed by atoms with Gasteiger partial charge in [-0.15, -0.1) is 0 Å². The molecule has 0 N–H and O–H groups in total. The van der Waals surface area contributed by atoms with Crippen molar-refractivity contribution in [1.82, 2.24) is 24.1 Å². The minimum absolute atomic E-state index is 0.841. The molecule has 3 heterocycles. The number of aryl methyl sites for hydroxylation is 1. The van der Waals surface area contributed by atoms with E-state index in [0.717, 1.165) is 23.7 Å². The molecule has 16 heavy (non-hydrogen) atoms. The molecule has 0 spiro atoms. The van der Waals surface area contributed by atoms with E-state index in [1.54, 1.807) is 16.9 Å². The first-order chi connectivity index (χ1) is 7.88. The summed E-state index contributed by atoms with van der Waals surface area (Å²) < 4.78 is 3.74. The predicted octanol–water partition coefficient (Wildman–Crippen LogP) is 1.48. The maximum absolute atomic E-state index is 4.51. The molecule has 0 fully saturated rings. The Morgan fingerprint density at radius 3 is 3.00 bits per heavy atom. The van der Waals surface area contributed by atoms with Gasteiger partial charge in [0.1, 0.15) is 11.6 Å². The highest BCUT2D eigenvalue weighted by molar-refractivity contribution is 5.40. The fourth-order valence-corrected chi connectivity index (χ4v) is 1.74. The van der Waals surface area contributed by atoms with Gasteiger partial charge in [0, 0.05) is 31.1 Å². The highest BCUT2D eigenvalue weighted by Crippen LogP contribution is 2.09. The highest BCUT2D eigenvalue weighted by Gasteiger charge is 2.05. The topological polar surface area (TPSA) is 48.0 Å². The molecule has 0 radical (unpaired) electrons. The lowest BCUT2D eigenvalue weighted by Crippen LogP contribution is -2.03. The van der Waals surface area contributed by atoms with Gasteiger partial charge < -0.3 is 0 Å². The number of imidazole rings is 1. The monoisotopic (exact) mass is 213 g/mol. The number of hydrogen-bond donors (Lipinski definition) is 0. The van der Waals surface area contributed by atoms with Crippen LogP contribution in [0.5, 0.6) is 0 Å². The van der Waals surface area contributed by atoms with Crippen molar-refractivity contribution in [2.75, 3.05) is 0 Å². The Bertz CT molecular complexity index is 622. The summed E-state index contributed by atoms with van der Waals surface area (Å²) in [6.45, 7) is 2.08. The molecule has 3 aromatic heterocycles. The normalized spacial score (nSPS) is 11.1. The zero-order valence-electron chi connectivity index (χ0n) is 8.91. The van der Waals surface area contributed by atoms with Crippen LogP contribution in [0.15, 0.2) is 36.9 Å². The minimum Gasteiger partial charge on any atom is -0.288 e. The minimum atomic E-state index is 0.841. The Kier molecular flexibility index (Phi) is 1.96. The van der Waals surface area contributed by atoms with E-state index in [0.29, 0.717) is 0 Å². The van der Waals surface area contributed by atoms with E-state index in [1.165, 1.54) is 0 Å². The van der Waals surface area contributed by atoms with E-state index >= 15 is 0 Å². The van der Waals surface area contributed by atoms with Crippen molar-refractivity contribution >= 4 is 5.65 Å². The van der Waals surface area contributed by atoms with Crippen molar-refractivity contribution in [3.05, 3.63) is 42.7 Å². The molecule has 0 aliphatic heterocycles. The zero-order chi connectivity index (χ0) is 11.0. The van der Waals surface area contributed by atoms with Crippen LogP contribution in [0.25, 0.3) is 11.5 Å². The Morgan fingerprint density at radius 2 is 2.12 bits per heavy atom. The number of hydrogen-bond acceptors (Lipinski definition) is 3. The molecule has 3 rings (SSSR count). The van der Waals surface area contributed by atoms with Gasteiger partial charge in [-0.3, -0.25) is 4.57 Å². The van der Waals surface area contributed by atoms with Crippen molar-refractivity contribution in [2.24, 2.45) is 0 Å². The van der Waals surface area contributed by atoms with Crippen molar-refractivity contribution in [2.45, 2.75) is 13.3 Å². The molecule has 0 aliphatic rings. The van der Waals surface area contributed by atoms with Gasteiger partial charge in [0.15, 0.2) is 5.65 Å². The van der Waals surface area contributed by atoms with Crippen LogP contribution in [-0.2, 0) is 6.42 Å². The van der Waals surface area contributed by atoms with Crippen molar-refractivity contribution in [3.8, 4) is 5.82 Å². The summed E-state index contributed by atoms with van der Waals surface area (Å²) in [5.41, 5.74) is 0.841. The van der Waals surface area contributed by atoms with Gasteiger partial charge in [0.25, 0.3) is 0 Å². The van der Waals surface area contributed by atoms with Gasteiger partial charge >= 0.3 is 0 Å². The van der Waals surface area contributed by atoms with E-state index in [-0.39, 0.29) is 0 Å². The van der Waals surface area contributed by atoms with E-state index < -0.39 is 0 Å². The first-order valence-electron chi connectivity index (χ1n) is 5.21.